The molecule has 1 N–H and O–H groups in total. The lowest BCUT2D eigenvalue weighted by atomic mass is 9.91. The van der Waals surface area contributed by atoms with E-state index in [1.165, 1.54) is 24.4 Å². The molecule has 6 heteroatoms. The van der Waals surface area contributed by atoms with E-state index in [2.05, 4.69) is 26.1 Å². The van der Waals surface area contributed by atoms with Gasteiger partial charge in [-0.15, -0.1) is 0 Å². The second-order valence-corrected chi connectivity index (χ2v) is 6.52. The molecule has 112 valence electrons. The first kappa shape index (κ1) is 14.2. The molecule has 0 amide bonds. The van der Waals surface area contributed by atoms with Gasteiger partial charge in [0.15, 0.2) is 0 Å². The molecule has 0 spiro atoms. The van der Waals surface area contributed by atoms with Gasteiger partial charge < -0.3 is 10.0 Å². The number of aromatic nitrogens is 2. The summed E-state index contributed by atoms with van der Waals surface area (Å²) in [6.07, 6.45) is 5.36. The van der Waals surface area contributed by atoms with Gasteiger partial charge in [-0.2, -0.15) is 4.37 Å². The lowest BCUT2D eigenvalue weighted by Gasteiger charge is -2.42. The Morgan fingerprint density at radius 2 is 1.95 bits per heavy atom. The van der Waals surface area contributed by atoms with Crippen molar-refractivity contribution in [3.05, 3.63) is 5.82 Å². The fourth-order valence-electron chi connectivity index (χ4n) is 3.28. The van der Waals surface area contributed by atoms with Crippen LogP contribution in [-0.2, 0) is 6.42 Å². The molecule has 3 rings (SSSR count). The summed E-state index contributed by atoms with van der Waals surface area (Å²) in [6, 6.07) is 0.381. The third-order valence-corrected chi connectivity index (χ3v) is 5.34. The number of anilines is 1. The van der Waals surface area contributed by atoms with Gasteiger partial charge in [-0.1, -0.05) is 19.8 Å². The van der Waals surface area contributed by atoms with Crippen LogP contribution < -0.4 is 4.90 Å². The molecular weight excluding hydrogens is 272 g/mol. The molecule has 0 bridgehead atoms. The summed E-state index contributed by atoms with van der Waals surface area (Å²) < 4.78 is 4.37. The normalized spacial score (nSPS) is 28.8. The molecule has 20 heavy (non-hydrogen) atoms. The quantitative estimate of drug-likeness (QED) is 0.916. The highest BCUT2D eigenvalue weighted by molar-refractivity contribution is 7.09. The fourth-order valence-corrected chi connectivity index (χ4v) is 4.08. The molecule has 1 saturated heterocycles. The zero-order valence-corrected chi connectivity index (χ0v) is 13.0. The highest BCUT2D eigenvalue weighted by atomic mass is 32.1. The third-order valence-electron chi connectivity index (χ3n) is 4.52. The van der Waals surface area contributed by atoms with Crippen LogP contribution in [0.2, 0.25) is 0 Å². The number of aliphatic hydroxyl groups excluding tert-OH is 1. The van der Waals surface area contributed by atoms with E-state index in [4.69, 9.17) is 0 Å². The lowest BCUT2D eigenvalue weighted by molar-refractivity contribution is 0.0173. The van der Waals surface area contributed by atoms with Gasteiger partial charge in [0.25, 0.3) is 0 Å². The molecule has 5 nitrogen and oxygen atoms in total. The zero-order chi connectivity index (χ0) is 13.9. The summed E-state index contributed by atoms with van der Waals surface area (Å²) in [6.45, 7) is 6.16. The van der Waals surface area contributed by atoms with Crippen molar-refractivity contribution in [3.8, 4) is 0 Å². The Morgan fingerprint density at radius 3 is 2.60 bits per heavy atom. The van der Waals surface area contributed by atoms with Crippen LogP contribution in [0.5, 0.6) is 0 Å². The van der Waals surface area contributed by atoms with Crippen molar-refractivity contribution in [1.29, 1.82) is 0 Å². The van der Waals surface area contributed by atoms with E-state index < -0.39 is 0 Å². The van der Waals surface area contributed by atoms with Crippen LogP contribution in [0.4, 0.5) is 5.13 Å². The summed E-state index contributed by atoms with van der Waals surface area (Å²) >= 11 is 1.51. The van der Waals surface area contributed by atoms with Gasteiger partial charge in [-0.25, -0.2) is 4.98 Å². The summed E-state index contributed by atoms with van der Waals surface area (Å²) in [5.41, 5.74) is 0. The first-order valence-corrected chi connectivity index (χ1v) is 8.55. The molecule has 1 aromatic rings. The Labute approximate surface area is 124 Å². The molecule has 2 heterocycles. The van der Waals surface area contributed by atoms with Crippen molar-refractivity contribution in [1.82, 2.24) is 14.3 Å². The Morgan fingerprint density at radius 1 is 1.20 bits per heavy atom. The van der Waals surface area contributed by atoms with Gasteiger partial charge >= 0.3 is 0 Å². The fraction of sp³-hybridized carbons (Fsp3) is 0.857. The second-order valence-electron chi connectivity index (χ2n) is 5.79. The summed E-state index contributed by atoms with van der Waals surface area (Å²) in [7, 11) is 0. The molecule has 1 saturated carbocycles. The lowest BCUT2D eigenvalue weighted by Crippen LogP contribution is -2.54. The smallest absolute Gasteiger partial charge is 0.205 e. The Balaban J connectivity index is 1.56. The number of piperazine rings is 1. The number of hydrogen-bond acceptors (Lipinski definition) is 6. The minimum Gasteiger partial charge on any atom is -0.391 e. The van der Waals surface area contributed by atoms with E-state index in [1.807, 2.05) is 0 Å². The Bertz CT molecular complexity index is 431. The van der Waals surface area contributed by atoms with Gasteiger partial charge in [0.1, 0.15) is 5.82 Å². The number of rotatable bonds is 3. The van der Waals surface area contributed by atoms with Gasteiger partial charge in [0.05, 0.1) is 6.10 Å². The highest BCUT2D eigenvalue weighted by Crippen LogP contribution is 2.26. The van der Waals surface area contributed by atoms with E-state index >= 15 is 0 Å². The largest absolute Gasteiger partial charge is 0.391 e. The summed E-state index contributed by atoms with van der Waals surface area (Å²) in [5, 5.41) is 11.2. The van der Waals surface area contributed by atoms with Gasteiger partial charge in [0.2, 0.25) is 5.13 Å². The maximum absolute atomic E-state index is 10.2. The summed E-state index contributed by atoms with van der Waals surface area (Å²) in [4.78, 5) is 9.38. The molecule has 2 unspecified atom stereocenters. The Hall–Kier alpha value is -0.720. The van der Waals surface area contributed by atoms with Crippen molar-refractivity contribution in [3.63, 3.8) is 0 Å². The second kappa shape index (κ2) is 6.37. The van der Waals surface area contributed by atoms with Crippen LogP contribution >= 0.6 is 11.5 Å². The minimum absolute atomic E-state index is 0.122. The van der Waals surface area contributed by atoms with Crippen LogP contribution in [0.15, 0.2) is 0 Å². The molecule has 0 aromatic carbocycles. The maximum Gasteiger partial charge on any atom is 0.205 e. The molecule has 2 aliphatic rings. The van der Waals surface area contributed by atoms with Crippen LogP contribution in [0.3, 0.4) is 0 Å². The van der Waals surface area contributed by atoms with E-state index in [1.54, 1.807) is 0 Å². The van der Waals surface area contributed by atoms with Crippen molar-refractivity contribution >= 4 is 16.7 Å². The van der Waals surface area contributed by atoms with Crippen molar-refractivity contribution in [2.75, 3.05) is 31.1 Å². The molecule has 1 aliphatic carbocycles. The van der Waals surface area contributed by atoms with Crippen LogP contribution in [0, 0.1) is 0 Å². The third kappa shape index (κ3) is 2.97. The molecule has 1 aromatic heterocycles. The highest BCUT2D eigenvalue weighted by Gasteiger charge is 2.31. The van der Waals surface area contributed by atoms with Crippen molar-refractivity contribution < 1.29 is 5.11 Å². The van der Waals surface area contributed by atoms with Crippen LogP contribution in [0.25, 0.3) is 0 Å². The molecular formula is C14H24N4OS. The average molecular weight is 296 g/mol. The zero-order valence-electron chi connectivity index (χ0n) is 12.2. The number of nitrogens with zero attached hydrogens (tertiary/aromatic N) is 4. The van der Waals surface area contributed by atoms with E-state index in [0.717, 1.165) is 56.4 Å². The number of hydrogen-bond donors (Lipinski definition) is 1. The van der Waals surface area contributed by atoms with Crippen molar-refractivity contribution in [2.24, 2.45) is 0 Å². The first-order chi connectivity index (χ1) is 9.78. The van der Waals surface area contributed by atoms with Crippen LogP contribution in [0.1, 0.15) is 38.4 Å². The van der Waals surface area contributed by atoms with E-state index in [9.17, 15) is 5.11 Å². The predicted molar refractivity (Wildman–Crippen MR) is 81.3 cm³/mol. The Kier molecular flexibility index (Phi) is 4.53. The summed E-state index contributed by atoms with van der Waals surface area (Å²) in [5.74, 6) is 0.954. The average Bonchev–Trinajstić information content (AvgIpc) is 2.97. The molecule has 2 fully saturated rings. The van der Waals surface area contributed by atoms with Crippen molar-refractivity contribution in [2.45, 2.75) is 51.2 Å². The topological polar surface area (TPSA) is 52.5 Å². The molecule has 1 aliphatic heterocycles. The standard InChI is InChI=1S/C14H24N4OS/c1-2-13-15-14(20-16-13)18-9-7-17(8-10-18)11-5-3-4-6-12(11)19/h11-12,19H,2-10H2,1H3. The van der Waals surface area contributed by atoms with Crippen LogP contribution in [-0.4, -0.2) is 57.7 Å². The van der Waals surface area contributed by atoms with Gasteiger partial charge in [-0.05, 0) is 12.8 Å². The molecule has 0 radical (unpaired) electrons. The minimum atomic E-state index is -0.122. The van der Waals surface area contributed by atoms with Gasteiger partial charge in [0, 0.05) is 50.2 Å². The first-order valence-electron chi connectivity index (χ1n) is 7.77. The predicted octanol–water partition coefficient (Wildman–Crippen LogP) is 1.53. The van der Waals surface area contributed by atoms with E-state index in [-0.39, 0.29) is 6.10 Å². The van der Waals surface area contributed by atoms with E-state index in [0.29, 0.717) is 6.04 Å². The number of aliphatic hydroxyl groups is 1. The molecule has 2 atom stereocenters. The SMILES string of the molecule is CCc1nsc(N2CCN(C3CCCCC3O)CC2)n1. The maximum atomic E-state index is 10.2. The van der Waals surface area contributed by atoms with Gasteiger partial charge in [-0.3, -0.25) is 4.90 Å². The monoisotopic (exact) mass is 296 g/mol. The number of aryl methyl sites for hydroxylation is 1.